The topological polar surface area (TPSA) is 15.3 Å². The van der Waals surface area contributed by atoms with Crippen molar-refractivity contribution in [3.05, 3.63) is 0 Å². The van der Waals surface area contributed by atoms with E-state index in [1.54, 1.807) is 0 Å². The summed E-state index contributed by atoms with van der Waals surface area (Å²) in [6.07, 6.45) is 2.72. The van der Waals surface area contributed by atoms with Crippen molar-refractivity contribution >= 4 is 0 Å². The highest BCUT2D eigenvalue weighted by molar-refractivity contribution is 4.85. The second-order valence-electron chi connectivity index (χ2n) is 3.56. The van der Waals surface area contributed by atoms with E-state index in [2.05, 4.69) is 24.2 Å². The molecule has 2 unspecified atom stereocenters. The molecule has 0 bridgehead atoms. The van der Waals surface area contributed by atoms with E-state index in [4.69, 9.17) is 0 Å². The summed E-state index contributed by atoms with van der Waals surface area (Å²) in [5.41, 5.74) is 0. The fourth-order valence-electron chi connectivity index (χ4n) is 2.10. The zero-order chi connectivity index (χ0) is 8.27. The molecule has 1 N–H and O–H groups in total. The molecule has 0 saturated carbocycles. The van der Waals surface area contributed by atoms with Crippen LogP contribution >= 0.6 is 0 Å². The molecule has 1 fully saturated rings. The van der Waals surface area contributed by atoms with Crippen LogP contribution in [0.1, 0.15) is 19.8 Å². The highest BCUT2D eigenvalue weighted by atomic mass is 15.2. The fraction of sp³-hybridized carbons (Fsp3) is 1.00. The Labute approximate surface area is 70.0 Å². The van der Waals surface area contributed by atoms with Gasteiger partial charge in [-0.1, -0.05) is 13.3 Å². The Morgan fingerprint density at radius 3 is 2.82 bits per heavy atom. The molecule has 0 aromatic rings. The third-order valence-electron chi connectivity index (χ3n) is 2.90. The number of rotatable bonds is 3. The fourth-order valence-corrected chi connectivity index (χ4v) is 2.10. The van der Waals surface area contributed by atoms with Crippen molar-refractivity contribution in [3.8, 4) is 0 Å². The van der Waals surface area contributed by atoms with Crippen molar-refractivity contribution in [1.82, 2.24) is 10.2 Å². The summed E-state index contributed by atoms with van der Waals surface area (Å²) in [4.78, 5) is 2.48. The van der Waals surface area contributed by atoms with Crippen molar-refractivity contribution in [2.45, 2.75) is 25.8 Å². The van der Waals surface area contributed by atoms with Crippen LogP contribution in [0.4, 0.5) is 0 Å². The molecule has 0 aliphatic carbocycles. The molecule has 0 aromatic heterocycles. The van der Waals surface area contributed by atoms with Crippen molar-refractivity contribution in [3.63, 3.8) is 0 Å². The molecular formula is C9H20N2. The Hall–Kier alpha value is -0.0800. The van der Waals surface area contributed by atoms with Gasteiger partial charge in [-0.05, 0) is 33.0 Å². The normalized spacial score (nSPS) is 33.0. The second-order valence-corrected chi connectivity index (χ2v) is 3.56. The van der Waals surface area contributed by atoms with E-state index < -0.39 is 0 Å². The summed E-state index contributed by atoms with van der Waals surface area (Å²) in [6, 6.07) is 0.782. The van der Waals surface area contributed by atoms with Crippen LogP contribution < -0.4 is 5.32 Å². The molecule has 0 radical (unpaired) electrons. The van der Waals surface area contributed by atoms with E-state index in [9.17, 15) is 0 Å². The number of likely N-dealkylation sites (N-methyl/N-ethyl adjacent to an activating group) is 2. The monoisotopic (exact) mass is 156 g/mol. The molecule has 0 spiro atoms. The molecule has 1 saturated heterocycles. The van der Waals surface area contributed by atoms with E-state index in [0.29, 0.717) is 0 Å². The molecule has 1 aliphatic rings. The van der Waals surface area contributed by atoms with Gasteiger partial charge in [-0.25, -0.2) is 0 Å². The minimum Gasteiger partial charge on any atom is -0.318 e. The number of nitrogens with zero attached hydrogens (tertiary/aromatic N) is 1. The van der Waals surface area contributed by atoms with Gasteiger partial charge in [0, 0.05) is 12.6 Å². The standard InChI is InChI=1S/C9H20N2/c1-4-8-5-6-11(3)9(8)7-10-2/h8-10H,4-7H2,1-3H3. The van der Waals surface area contributed by atoms with Gasteiger partial charge in [-0.2, -0.15) is 0 Å². The number of hydrogen-bond donors (Lipinski definition) is 1. The first-order chi connectivity index (χ1) is 5.29. The molecule has 2 nitrogen and oxygen atoms in total. The lowest BCUT2D eigenvalue weighted by molar-refractivity contribution is 0.263. The Morgan fingerprint density at radius 1 is 1.55 bits per heavy atom. The second kappa shape index (κ2) is 4.07. The van der Waals surface area contributed by atoms with Crippen LogP contribution in [0.2, 0.25) is 0 Å². The van der Waals surface area contributed by atoms with Gasteiger partial charge in [0.15, 0.2) is 0 Å². The van der Waals surface area contributed by atoms with Crippen LogP contribution in [-0.2, 0) is 0 Å². The molecule has 2 atom stereocenters. The maximum absolute atomic E-state index is 3.26. The van der Waals surface area contributed by atoms with Gasteiger partial charge in [-0.3, -0.25) is 0 Å². The van der Waals surface area contributed by atoms with Crippen LogP contribution in [0.15, 0.2) is 0 Å². The molecule has 11 heavy (non-hydrogen) atoms. The lowest BCUT2D eigenvalue weighted by Gasteiger charge is -2.23. The van der Waals surface area contributed by atoms with Crippen molar-refractivity contribution < 1.29 is 0 Å². The average molecular weight is 156 g/mol. The smallest absolute Gasteiger partial charge is 0.0246 e. The average Bonchev–Trinajstić information content (AvgIpc) is 2.34. The van der Waals surface area contributed by atoms with Gasteiger partial charge in [0.25, 0.3) is 0 Å². The zero-order valence-corrected chi connectivity index (χ0v) is 7.93. The predicted octanol–water partition coefficient (Wildman–Crippen LogP) is 0.936. The van der Waals surface area contributed by atoms with Gasteiger partial charge < -0.3 is 10.2 Å². The third-order valence-corrected chi connectivity index (χ3v) is 2.90. The predicted molar refractivity (Wildman–Crippen MR) is 48.7 cm³/mol. The Morgan fingerprint density at radius 2 is 2.27 bits per heavy atom. The van der Waals surface area contributed by atoms with E-state index >= 15 is 0 Å². The number of nitrogens with one attached hydrogen (secondary N) is 1. The maximum atomic E-state index is 3.26. The van der Waals surface area contributed by atoms with Gasteiger partial charge in [0.2, 0.25) is 0 Å². The van der Waals surface area contributed by atoms with Crippen LogP contribution in [-0.4, -0.2) is 38.1 Å². The largest absolute Gasteiger partial charge is 0.318 e. The SMILES string of the molecule is CCC1CCN(C)C1CNC. The Kier molecular flexibility index (Phi) is 3.34. The van der Waals surface area contributed by atoms with Gasteiger partial charge in [-0.15, -0.1) is 0 Å². The molecule has 2 heteroatoms. The summed E-state index contributed by atoms with van der Waals surface area (Å²) >= 11 is 0. The van der Waals surface area contributed by atoms with E-state index in [1.165, 1.54) is 19.4 Å². The molecular weight excluding hydrogens is 136 g/mol. The van der Waals surface area contributed by atoms with Crippen LogP contribution in [0.3, 0.4) is 0 Å². The number of hydrogen-bond acceptors (Lipinski definition) is 2. The summed E-state index contributed by atoms with van der Waals surface area (Å²) < 4.78 is 0. The summed E-state index contributed by atoms with van der Waals surface area (Å²) in [5.74, 6) is 0.924. The first-order valence-corrected chi connectivity index (χ1v) is 4.64. The molecule has 0 aromatic carbocycles. The van der Waals surface area contributed by atoms with Gasteiger partial charge in [0.1, 0.15) is 0 Å². The van der Waals surface area contributed by atoms with Gasteiger partial charge >= 0.3 is 0 Å². The quantitative estimate of drug-likeness (QED) is 0.654. The minimum atomic E-state index is 0.782. The van der Waals surface area contributed by atoms with E-state index in [0.717, 1.165) is 18.5 Å². The van der Waals surface area contributed by atoms with Crippen molar-refractivity contribution in [2.75, 3.05) is 27.2 Å². The third kappa shape index (κ3) is 1.94. The minimum absolute atomic E-state index is 0.782. The summed E-state index contributed by atoms with van der Waals surface area (Å²) in [7, 11) is 4.27. The summed E-state index contributed by atoms with van der Waals surface area (Å²) in [6.45, 7) is 4.73. The highest BCUT2D eigenvalue weighted by Gasteiger charge is 2.29. The van der Waals surface area contributed by atoms with Crippen molar-refractivity contribution in [1.29, 1.82) is 0 Å². The molecule has 1 heterocycles. The van der Waals surface area contributed by atoms with Crippen LogP contribution in [0.5, 0.6) is 0 Å². The molecule has 1 rings (SSSR count). The van der Waals surface area contributed by atoms with Gasteiger partial charge in [0.05, 0.1) is 0 Å². The Balaban J connectivity index is 2.42. The van der Waals surface area contributed by atoms with Crippen molar-refractivity contribution in [2.24, 2.45) is 5.92 Å². The molecule has 1 aliphatic heterocycles. The highest BCUT2D eigenvalue weighted by Crippen LogP contribution is 2.24. The van der Waals surface area contributed by atoms with Crippen LogP contribution in [0, 0.1) is 5.92 Å². The molecule has 0 amide bonds. The first kappa shape index (κ1) is 9.01. The van der Waals surface area contributed by atoms with Crippen LogP contribution in [0.25, 0.3) is 0 Å². The van der Waals surface area contributed by atoms with E-state index in [1.807, 2.05) is 7.05 Å². The maximum Gasteiger partial charge on any atom is 0.0246 e. The summed E-state index contributed by atoms with van der Waals surface area (Å²) in [5, 5.41) is 3.26. The Bertz CT molecular complexity index is 114. The lowest BCUT2D eigenvalue weighted by atomic mass is 9.98. The molecule has 66 valence electrons. The number of likely N-dealkylation sites (tertiary alicyclic amines) is 1. The zero-order valence-electron chi connectivity index (χ0n) is 7.93. The first-order valence-electron chi connectivity index (χ1n) is 4.64. The lowest BCUT2D eigenvalue weighted by Crippen LogP contribution is -2.37. The van der Waals surface area contributed by atoms with E-state index in [-0.39, 0.29) is 0 Å².